The number of para-hydroxylation sites is 1. The van der Waals surface area contributed by atoms with Gasteiger partial charge in [-0.3, -0.25) is 14.7 Å². The fraction of sp³-hybridized carbons (Fsp3) is 0.250. The van der Waals surface area contributed by atoms with Crippen LogP contribution in [0.15, 0.2) is 97.2 Å². The van der Waals surface area contributed by atoms with Gasteiger partial charge in [0.05, 0.1) is 11.7 Å². The van der Waals surface area contributed by atoms with E-state index in [0.717, 1.165) is 60.8 Å². The van der Waals surface area contributed by atoms with Gasteiger partial charge in [-0.05, 0) is 92.0 Å². The summed E-state index contributed by atoms with van der Waals surface area (Å²) in [5.41, 5.74) is 4.12. The number of carbonyl (C=O) groups excluding carboxylic acids is 1. The van der Waals surface area contributed by atoms with Crippen LogP contribution in [0, 0.1) is 12.8 Å². The summed E-state index contributed by atoms with van der Waals surface area (Å²) in [5, 5.41) is 3.96. The Balaban J connectivity index is 1.17. The van der Waals surface area contributed by atoms with Crippen molar-refractivity contribution in [2.45, 2.75) is 32.4 Å². The fourth-order valence-electron chi connectivity index (χ4n) is 4.92. The van der Waals surface area contributed by atoms with E-state index in [1.807, 2.05) is 85.8 Å². The monoisotopic (exact) mass is 525 g/mol. The second-order valence-corrected chi connectivity index (χ2v) is 10.2. The third-order valence-electron chi connectivity index (χ3n) is 7.08. The largest absolute Gasteiger partial charge is 0.457 e. The van der Waals surface area contributed by atoms with Crippen LogP contribution in [-0.4, -0.2) is 28.9 Å². The van der Waals surface area contributed by atoms with E-state index in [1.165, 1.54) is 5.56 Å². The number of piperidine rings is 1. The van der Waals surface area contributed by atoms with Crippen molar-refractivity contribution in [1.82, 2.24) is 15.2 Å². The molecule has 1 aliphatic heterocycles. The number of pyridine rings is 1. The molecule has 1 saturated heterocycles. The molecule has 1 amide bonds. The second kappa shape index (κ2) is 12.2. The summed E-state index contributed by atoms with van der Waals surface area (Å²) in [6.07, 6.45) is 3.43. The molecule has 1 N–H and O–H groups in total. The summed E-state index contributed by atoms with van der Waals surface area (Å²) in [7, 11) is 0. The number of aromatic nitrogens is 1. The maximum atomic E-state index is 13.4. The highest BCUT2D eigenvalue weighted by atomic mass is 35.5. The summed E-state index contributed by atoms with van der Waals surface area (Å²) >= 11 is 6.12. The lowest BCUT2D eigenvalue weighted by atomic mass is 9.93. The molecule has 38 heavy (non-hydrogen) atoms. The Labute approximate surface area is 229 Å². The van der Waals surface area contributed by atoms with E-state index in [1.54, 1.807) is 6.20 Å². The number of likely N-dealkylation sites (tertiary alicyclic amines) is 1. The van der Waals surface area contributed by atoms with Crippen LogP contribution in [0.3, 0.4) is 0 Å². The number of hydrogen-bond donors (Lipinski definition) is 1. The highest BCUT2D eigenvalue weighted by Crippen LogP contribution is 2.27. The minimum Gasteiger partial charge on any atom is -0.457 e. The molecule has 0 aliphatic carbocycles. The summed E-state index contributed by atoms with van der Waals surface area (Å²) < 4.78 is 5.90. The van der Waals surface area contributed by atoms with Crippen molar-refractivity contribution in [3.63, 3.8) is 0 Å². The standard InChI is InChI=1S/C32H32ClN3O2/c1-23-6-5-19-34-30(23)31(25-11-13-27(33)14-12-25)35-32(37)26-17-20-36(21-18-26)22-24-9-15-29(16-10-24)38-28-7-3-2-4-8-28/h2-16,19,26,31H,17-18,20-22H2,1H3,(H,35,37). The first-order chi connectivity index (χ1) is 18.5. The van der Waals surface area contributed by atoms with Gasteiger partial charge in [0, 0.05) is 23.7 Å². The molecular formula is C32H32ClN3O2. The predicted octanol–water partition coefficient (Wildman–Crippen LogP) is 6.95. The molecule has 5 nitrogen and oxygen atoms in total. The Morgan fingerprint density at radius 2 is 1.63 bits per heavy atom. The van der Waals surface area contributed by atoms with Gasteiger partial charge in [0.2, 0.25) is 5.91 Å². The van der Waals surface area contributed by atoms with E-state index in [0.29, 0.717) is 5.02 Å². The molecule has 0 bridgehead atoms. The Bertz CT molecular complexity index is 1340. The van der Waals surface area contributed by atoms with Gasteiger partial charge in [-0.1, -0.05) is 60.1 Å². The Hall–Kier alpha value is -3.67. The number of rotatable bonds is 8. The van der Waals surface area contributed by atoms with E-state index in [4.69, 9.17) is 16.3 Å². The highest BCUT2D eigenvalue weighted by Gasteiger charge is 2.28. The molecule has 0 radical (unpaired) electrons. The van der Waals surface area contributed by atoms with Crippen molar-refractivity contribution < 1.29 is 9.53 Å². The predicted molar refractivity (Wildman–Crippen MR) is 151 cm³/mol. The topological polar surface area (TPSA) is 54.5 Å². The summed E-state index contributed by atoms with van der Waals surface area (Å²) in [6.45, 7) is 4.65. The Morgan fingerprint density at radius 3 is 2.32 bits per heavy atom. The molecule has 4 aromatic rings. The molecule has 0 spiro atoms. The maximum absolute atomic E-state index is 13.4. The van der Waals surface area contributed by atoms with E-state index in [2.05, 4.69) is 27.3 Å². The first-order valence-corrected chi connectivity index (χ1v) is 13.4. The molecule has 0 saturated carbocycles. The van der Waals surface area contributed by atoms with Gasteiger partial charge in [0.15, 0.2) is 0 Å². The summed E-state index contributed by atoms with van der Waals surface area (Å²) in [5.74, 6) is 1.72. The van der Waals surface area contributed by atoms with Crippen LogP contribution < -0.4 is 10.1 Å². The summed E-state index contributed by atoms with van der Waals surface area (Å²) in [4.78, 5) is 20.4. The number of carbonyl (C=O) groups is 1. The van der Waals surface area contributed by atoms with Gasteiger partial charge in [-0.25, -0.2) is 0 Å². The fourth-order valence-corrected chi connectivity index (χ4v) is 5.05. The molecule has 194 valence electrons. The van der Waals surface area contributed by atoms with Crippen LogP contribution in [0.4, 0.5) is 0 Å². The first kappa shape index (κ1) is 26.0. The zero-order valence-corrected chi connectivity index (χ0v) is 22.3. The lowest BCUT2D eigenvalue weighted by Crippen LogP contribution is -2.41. The number of nitrogens with one attached hydrogen (secondary N) is 1. The van der Waals surface area contributed by atoms with Crippen LogP contribution in [0.2, 0.25) is 5.02 Å². The molecule has 1 aromatic heterocycles. The van der Waals surface area contributed by atoms with Crippen molar-refractivity contribution in [3.8, 4) is 11.5 Å². The lowest BCUT2D eigenvalue weighted by Gasteiger charge is -2.32. The van der Waals surface area contributed by atoms with E-state index < -0.39 is 0 Å². The van der Waals surface area contributed by atoms with Crippen LogP contribution in [0.5, 0.6) is 11.5 Å². The summed E-state index contributed by atoms with van der Waals surface area (Å²) in [6, 6.07) is 29.3. The van der Waals surface area contributed by atoms with Crippen molar-refractivity contribution >= 4 is 17.5 Å². The number of ether oxygens (including phenoxy) is 1. The van der Waals surface area contributed by atoms with Gasteiger partial charge in [-0.2, -0.15) is 0 Å². The third kappa shape index (κ3) is 6.60. The molecule has 1 aliphatic rings. The quantitative estimate of drug-likeness (QED) is 0.270. The Morgan fingerprint density at radius 1 is 0.947 bits per heavy atom. The van der Waals surface area contributed by atoms with Crippen molar-refractivity contribution in [2.24, 2.45) is 5.92 Å². The molecule has 1 fully saturated rings. The van der Waals surface area contributed by atoms with E-state index in [-0.39, 0.29) is 17.9 Å². The van der Waals surface area contributed by atoms with Gasteiger partial charge >= 0.3 is 0 Å². The van der Waals surface area contributed by atoms with Gasteiger partial charge in [0.25, 0.3) is 0 Å². The maximum Gasteiger partial charge on any atom is 0.224 e. The number of aryl methyl sites for hydroxylation is 1. The average molecular weight is 526 g/mol. The van der Waals surface area contributed by atoms with E-state index >= 15 is 0 Å². The van der Waals surface area contributed by atoms with E-state index in [9.17, 15) is 4.79 Å². The van der Waals surface area contributed by atoms with Crippen molar-refractivity contribution in [1.29, 1.82) is 0 Å². The zero-order valence-electron chi connectivity index (χ0n) is 21.5. The highest BCUT2D eigenvalue weighted by molar-refractivity contribution is 6.30. The third-order valence-corrected chi connectivity index (χ3v) is 7.33. The molecule has 1 unspecified atom stereocenters. The van der Waals surface area contributed by atoms with Crippen molar-refractivity contribution in [2.75, 3.05) is 13.1 Å². The van der Waals surface area contributed by atoms with Crippen LogP contribution in [0.1, 0.15) is 41.3 Å². The molecule has 6 heteroatoms. The zero-order chi connectivity index (χ0) is 26.3. The molecular weight excluding hydrogens is 494 g/mol. The number of benzene rings is 3. The van der Waals surface area contributed by atoms with Crippen LogP contribution >= 0.6 is 11.6 Å². The number of halogens is 1. The molecule has 1 atom stereocenters. The van der Waals surface area contributed by atoms with Gasteiger partial charge in [-0.15, -0.1) is 0 Å². The number of hydrogen-bond acceptors (Lipinski definition) is 4. The normalized spacial score (nSPS) is 15.1. The number of nitrogens with zero attached hydrogens (tertiary/aromatic N) is 2. The average Bonchev–Trinajstić information content (AvgIpc) is 2.95. The number of amides is 1. The molecule has 3 aromatic carbocycles. The van der Waals surface area contributed by atoms with Gasteiger partial charge < -0.3 is 10.1 Å². The lowest BCUT2D eigenvalue weighted by molar-refractivity contribution is -0.127. The smallest absolute Gasteiger partial charge is 0.224 e. The van der Waals surface area contributed by atoms with Gasteiger partial charge in [0.1, 0.15) is 11.5 Å². The minimum atomic E-state index is -0.310. The second-order valence-electron chi connectivity index (χ2n) is 9.81. The SMILES string of the molecule is Cc1cccnc1C(NC(=O)C1CCN(Cc2ccc(Oc3ccccc3)cc2)CC1)c1ccc(Cl)cc1. The first-order valence-electron chi connectivity index (χ1n) is 13.1. The molecule has 5 rings (SSSR count). The van der Waals surface area contributed by atoms with Crippen molar-refractivity contribution in [3.05, 3.63) is 125 Å². The van der Waals surface area contributed by atoms with Crippen LogP contribution in [0.25, 0.3) is 0 Å². The minimum absolute atomic E-state index is 0.0216. The van der Waals surface area contributed by atoms with Crippen LogP contribution in [-0.2, 0) is 11.3 Å². The Kier molecular flexibility index (Phi) is 8.37. The molecule has 2 heterocycles.